The Labute approximate surface area is 171 Å². The Bertz CT molecular complexity index is 868. The van der Waals surface area contributed by atoms with E-state index in [1.807, 2.05) is 0 Å². The number of rotatable bonds is 8. The second kappa shape index (κ2) is 10.1. The summed E-state index contributed by atoms with van der Waals surface area (Å²) in [5.41, 5.74) is 8.12. The van der Waals surface area contributed by atoms with E-state index in [1.54, 1.807) is 0 Å². The second-order valence-electron chi connectivity index (χ2n) is 7.69. The van der Waals surface area contributed by atoms with Crippen LogP contribution in [0, 0.1) is 6.92 Å². The molecule has 3 rings (SSSR count). The van der Waals surface area contributed by atoms with Crippen LogP contribution in [0.1, 0.15) is 62.1 Å². The van der Waals surface area contributed by atoms with Crippen molar-refractivity contribution in [1.82, 2.24) is 0 Å². The average Bonchev–Trinajstić information content (AvgIpc) is 2.74. The fraction of sp³-hybridized carbons (Fsp3) is 0.286. The monoisotopic (exact) mass is 368 g/mol. The number of allylic oxidation sites excluding steroid dienone is 2. The van der Waals surface area contributed by atoms with E-state index < -0.39 is 0 Å². The van der Waals surface area contributed by atoms with Gasteiger partial charge >= 0.3 is 0 Å². The van der Waals surface area contributed by atoms with E-state index in [-0.39, 0.29) is 0 Å². The van der Waals surface area contributed by atoms with E-state index in [9.17, 15) is 0 Å². The summed E-state index contributed by atoms with van der Waals surface area (Å²) in [6.07, 6.45) is 7.19. The van der Waals surface area contributed by atoms with E-state index in [2.05, 4.69) is 106 Å². The lowest BCUT2D eigenvalue weighted by molar-refractivity contribution is 0.716. The molecule has 0 amide bonds. The highest BCUT2D eigenvalue weighted by Gasteiger charge is 2.10. The smallest absolute Gasteiger partial charge is 0.00239 e. The molecular weight excluding hydrogens is 336 g/mol. The highest BCUT2D eigenvalue weighted by molar-refractivity contribution is 5.71. The third kappa shape index (κ3) is 5.23. The molecule has 0 radical (unpaired) electrons. The van der Waals surface area contributed by atoms with E-state index in [4.69, 9.17) is 0 Å². The van der Waals surface area contributed by atoms with Gasteiger partial charge in [0.1, 0.15) is 0 Å². The quantitative estimate of drug-likeness (QED) is 0.374. The highest BCUT2D eigenvalue weighted by Crippen LogP contribution is 2.31. The number of hydrogen-bond acceptors (Lipinski definition) is 0. The molecule has 1 unspecified atom stereocenters. The molecule has 0 N–H and O–H groups in total. The van der Waals surface area contributed by atoms with Crippen molar-refractivity contribution in [2.45, 2.75) is 52.4 Å². The fourth-order valence-electron chi connectivity index (χ4n) is 3.82. The average molecular weight is 369 g/mol. The summed E-state index contributed by atoms with van der Waals surface area (Å²) in [5.74, 6) is 0.490. The lowest BCUT2D eigenvalue weighted by atomic mass is 9.89. The summed E-state index contributed by atoms with van der Waals surface area (Å²) >= 11 is 0. The number of hydrogen-bond donors (Lipinski definition) is 0. The van der Waals surface area contributed by atoms with Gasteiger partial charge in [0.15, 0.2) is 0 Å². The molecule has 28 heavy (non-hydrogen) atoms. The third-order valence-electron chi connectivity index (χ3n) is 5.39. The first-order chi connectivity index (χ1) is 13.7. The lowest BCUT2D eigenvalue weighted by Crippen LogP contribution is -1.97. The Morgan fingerprint density at radius 1 is 0.750 bits per heavy atom. The van der Waals surface area contributed by atoms with Crippen LogP contribution in [-0.4, -0.2) is 0 Å². The minimum absolute atomic E-state index is 0.490. The van der Waals surface area contributed by atoms with Gasteiger partial charge in [0.05, 0.1) is 0 Å². The van der Waals surface area contributed by atoms with Gasteiger partial charge in [-0.3, -0.25) is 0 Å². The van der Waals surface area contributed by atoms with Crippen LogP contribution >= 0.6 is 0 Å². The van der Waals surface area contributed by atoms with Gasteiger partial charge in [-0.1, -0.05) is 117 Å². The molecule has 0 heteroatoms. The van der Waals surface area contributed by atoms with Crippen molar-refractivity contribution in [3.63, 3.8) is 0 Å². The molecule has 0 spiro atoms. The molecular formula is C28H32. The maximum atomic E-state index is 2.52. The Morgan fingerprint density at radius 2 is 1.36 bits per heavy atom. The van der Waals surface area contributed by atoms with Crippen molar-refractivity contribution in [3.05, 3.63) is 102 Å². The maximum absolute atomic E-state index is 2.52. The molecule has 1 atom stereocenters. The third-order valence-corrected chi connectivity index (χ3v) is 5.39. The van der Waals surface area contributed by atoms with E-state index in [0.29, 0.717) is 5.92 Å². The summed E-state index contributed by atoms with van der Waals surface area (Å²) < 4.78 is 0. The summed E-state index contributed by atoms with van der Waals surface area (Å²) in [4.78, 5) is 0. The molecule has 0 heterocycles. The van der Waals surface area contributed by atoms with Gasteiger partial charge in [0.25, 0.3) is 0 Å². The predicted molar refractivity (Wildman–Crippen MR) is 124 cm³/mol. The Balaban J connectivity index is 1.90. The fourth-order valence-corrected chi connectivity index (χ4v) is 3.82. The van der Waals surface area contributed by atoms with Crippen LogP contribution in [0.15, 0.2) is 84.9 Å². The van der Waals surface area contributed by atoms with Crippen LogP contribution in [0.3, 0.4) is 0 Å². The zero-order valence-electron chi connectivity index (χ0n) is 17.5. The van der Waals surface area contributed by atoms with Gasteiger partial charge < -0.3 is 0 Å². The van der Waals surface area contributed by atoms with Crippen molar-refractivity contribution in [2.24, 2.45) is 0 Å². The first kappa shape index (κ1) is 20.1. The lowest BCUT2D eigenvalue weighted by Gasteiger charge is -2.16. The molecule has 0 nitrogen and oxygen atoms in total. The van der Waals surface area contributed by atoms with Crippen LogP contribution in [0.2, 0.25) is 0 Å². The van der Waals surface area contributed by atoms with Crippen molar-refractivity contribution in [2.75, 3.05) is 0 Å². The zero-order chi connectivity index (χ0) is 19.8. The van der Waals surface area contributed by atoms with Crippen LogP contribution in [0.25, 0.3) is 16.7 Å². The summed E-state index contributed by atoms with van der Waals surface area (Å²) in [6.45, 7) is 6.68. The molecule has 0 saturated heterocycles. The van der Waals surface area contributed by atoms with Crippen molar-refractivity contribution in [3.8, 4) is 11.1 Å². The molecule has 144 valence electrons. The van der Waals surface area contributed by atoms with Crippen LogP contribution in [-0.2, 0) is 0 Å². The van der Waals surface area contributed by atoms with Gasteiger partial charge in [-0.2, -0.15) is 0 Å². The zero-order valence-corrected chi connectivity index (χ0v) is 17.5. The highest BCUT2D eigenvalue weighted by atomic mass is 14.2. The first-order valence-corrected chi connectivity index (χ1v) is 10.6. The van der Waals surface area contributed by atoms with E-state index in [0.717, 1.165) is 6.42 Å². The van der Waals surface area contributed by atoms with Gasteiger partial charge in [-0.05, 0) is 47.6 Å². The molecule has 0 aromatic heterocycles. The van der Waals surface area contributed by atoms with Gasteiger partial charge in [-0.15, -0.1) is 0 Å². The summed E-state index contributed by atoms with van der Waals surface area (Å²) in [7, 11) is 0. The SMILES string of the molecule is CCC/C(=C\C(CCC)c1ccccc1)c1ccc(-c2ccc(C)cc2)cc1. The molecule has 0 aliphatic carbocycles. The molecule has 0 saturated carbocycles. The molecule has 3 aromatic rings. The summed E-state index contributed by atoms with van der Waals surface area (Å²) in [5, 5.41) is 0. The predicted octanol–water partition coefficient (Wildman–Crippen LogP) is 8.43. The maximum Gasteiger partial charge on any atom is 0.00239 e. The van der Waals surface area contributed by atoms with Crippen LogP contribution in [0.5, 0.6) is 0 Å². The number of benzene rings is 3. The Hall–Kier alpha value is -2.60. The van der Waals surface area contributed by atoms with Crippen molar-refractivity contribution >= 4 is 5.57 Å². The van der Waals surface area contributed by atoms with Gasteiger partial charge in [0, 0.05) is 5.92 Å². The Kier molecular flexibility index (Phi) is 7.25. The minimum atomic E-state index is 0.490. The largest absolute Gasteiger partial charge is 0.0732 e. The number of aryl methyl sites for hydroxylation is 1. The van der Waals surface area contributed by atoms with Crippen molar-refractivity contribution in [1.29, 1.82) is 0 Å². The second-order valence-corrected chi connectivity index (χ2v) is 7.69. The van der Waals surface area contributed by atoms with Gasteiger partial charge in [-0.25, -0.2) is 0 Å². The van der Waals surface area contributed by atoms with E-state index >= 15 is 0 Å². The first-order valence-electron chi connectivity index (χ1n) is 10.6. The molecule has 0 bridgehead atoms. The van der Waals surface area contributed by atoms with E-state index in [1.165, 1.54) is 52.7 Å². The standard InChI is InChI=1S/C28H32/c1-4-9-27(23-11-7-6-8-12-23)21-28(10-5-2)26-19-17-25(18-20-26)24-15-13-22(3)14-16-24/h6-8,11-21,27H,4-5,9-10H2,1-3H3/b28-21+. The Morgan fingerprint density at radius 3 is 1.93 bits per heavy atom. The van der Waals surface area contributed by atoms with Crippen molar-refractivity contribution < 1.29 is 0 Å². The minimum Gasteiger partial charge on any atom is -0.0732 e. The topological polar surface area (TPSA) is 0 Å². The molecule has 0 fully saturated rings. The molecule has 3 aromatic carbocycles. The van der Waals surface area contributed by atoms with Crippen LogP contribution < -0.4 is 0 Å². The normalized spacial score (nSPS) is 12.8. The van der Waals surface area contributed by atoms with Crippen LogP contribution in [0.4, 0.5) is 0 Å². The van der Waals surface area contributed by atoms with Gasteiger partial charge in [0.2, 0.25) is 0 Å². The molecule has 0 aliphatic rings. The molecule has 0 aliphatic heterocycles. The summed E-state index contributed by atoms with van der Waals surface area (Å²) in [6, 6.07) is 28.8.